The van der Waals surface area contributed by atoms with Crippen molar-refractivity contribution in [3.8, 4) is 0 Å². The van der Waals surface area contributed by atoms with Gasteiger partial charge in [-0.05, 0) is 12.2 Å². The monoisotopic (exact) mass is 335 g/mol. The van der Waals surface area contributed by atoms with E-state index in [1.54, 1.807) is 0 Å². The summed E-state index contributed by atoms with van der Waals surface area (Å²) in [4.78, 5) is 11.3. The zero-order chi connectivity index (χ0) is 13.9. The predicted molar refractivity (Wildman–Crippen MR) is 91.0 cm³/mol. The average molecular weight is 337 g/mol. The normalized spacial score (nSPS) is 19.1. The van der Waals surface area contributed by atoms with E-state index in [1.807, 2.05) is 0 Å². The molecule has 0 N–H and O–H groups in total. The first-order chi connectivity index (χ1) is 9.04. The van der Waals surface area contributed by atoms with Gasteiger partial charge >= 0.3 is 0 Å². The standard InChI is InChI=1S/C14H19Cl2N3.ClH/c1-14(2)4-3-11-12(9-14)18-13(17-11)10-19(7-5-15)8-6-16;/h3-4,9H,5-8,10H2,1-2H3;1H. The van der Waals surface area contributed by atoms with Gasteiger partial charge in [0.05, 0.1) is 18.0 Å². The third-order valence-electron chi connectivity index (χ3n) is 3.11. The van der Waals surface area contributed by atoms with E-state index in [4.69, 9.17) is 23.2 Å². The van der Waals surface area contributed by atoms with Crippen LogP contribution in [0.25, 0.3) is 0 Å². The Kier molecular flexibility index (Phi) is 6.73. The van der Waals surface area contributed by atoms with Crippen LogP contribution in [0.5, 0.6) is 0 Å². The van der Waals surface area contributed by atoms with Crippen molar-refractivity contribution in [2.75, 3.05) is 31.4 Å². The molecule has 6 heteroatoms. The lowest BCUT2D eigenvalue weighted by Crippen LogP contribution is -2.32. The van der Waals surface area contributed by atoms with E-state index in [-0.39, 0.29) is 17.8 Å². The van der Waals surface area contributed by atoms with Crippen LogP contribution in [0.3, 0.4) is 0 Å². The van der Waals surface area contributed by atoms with Gasteiger partial charge in [0.1, 0.15) is 5.84 Å². The minimum atomic E-state index is 0. The molecule has 0 bridgehead atoms. The lowest BCUT2D eigenvalue weighted by Gasteiger charge is -2.19. The van der Waals surface area contributed by atoms with Gasteiger partial charge < -0.3 is 0 Å². The number of hydrogen-bond donors (Lipinski definition) is 0. The molecule has 1 aliphatic heterocycles. The van der Waals surface area contributed by atoms with Gasteiger partial charge in [-0.1, -0.05) is 19.9 Å². The first kappa shape index (κ1) is 17.7. The molecule has 112 valence electrons. The van der Waals surface area contributed by atoms with E-state index >= 15 is 0 Å². The Balaban J connectivity index is 0.00000200. The number of nitrogens with zero attached hydrogens (tertiary/aromatic N) is 3. The average Bonchev–Trinajstić information content (AvgIpc) is 2.69. The van der Waals surface area contributed by atoms with Crippen molar-refractivity contribution in [1.82, 2.24) is 4.90 Å². The number of rotatable bonds is 6. The maximum absolute atomic E-state index is 5.79. The molecule has 0 fully saturated rings. The molecule has 3 nitrogen and oxygen atoms in total. The number of alkyl halides is 2. The smallest absolute Gasteiger partial charge is 0.143 e. The Morgan fingerprint density at radius 3 is 2.40 bits per heavy atom. The molecule has 0 aromatic heterocycles. The number of halogens is 3. The van der Waals surface area contributed by atoms with Gasteiger partial charge in [0, 0.05) is 30.3 Å². The van der Waals surface area contributed by atoms with Gasteiger partial charge in [0.15, 0.2) is 0 Å². The van der Waals surface area contributed by atoms with E-state index in [9.17, 15) is 0 Å². The van der Waals surface area contributed by atoms with Crippen molar-refractivity contribution < 1.29 is 0 Å². The molecule has 2 aliphatic rings. The van der Waals surface area contributed by atoms with Gasteiger partial charge in [-0.2, -0.15) is 0 Å². The zero-order valence-corrected chi connectivity index (χ0v) is 14.1. The number of allylic oxidation sites excluding steroid dienone is 3. The first-order valence-corrected chi connectivity index (χ1v) is 7.54. The molecule has 1 heterocycles. The summed E-state index contributed by atoms with van der Waals surface area (Å²) >= 11 is 11.6. The quantitative estimate of drug-likeness (QED) is 0.682. The highest BCUT2D eigenvalue weighted by atomic mass is 35.5. The molecule has 0 aromatic carbocycles. The maximum Gasteiger partial charge on any atom is 0.143 e. The van der Waals surface area contributed by atoms with Crippen molar-refractivity contribution in [2.45, 2.75) is 13.8 Å². The van der Waals surface area contributed by atoms with E-state index < -0.39 is 0 Å². The summed E-state index contributed by atoms with van der Waals surface area (Å²) in [5.41, 5.74) is 2.00. The van der Waals surface area contributed by atoms with Crippen LogP contribution in [0.2, 0.25) is 0 Å². The molecule has 1 aliphatic carbocycles. The summed E-state index contributed by atoms with van der Waals surface area (Å²) in [6.07, 6.45) is 6.37. The molecule has 0 unspecified atom stereocenters. The van der Waals surface area contributed by atoms with Gasteiger partial charge in [-0.3, -0.25) is 4.90 Å². The van der Waals surface area contributed by atoms with Gasteiger partial charge in [-0.15, -0.1) is 35.6 Å². The van der Waals surface area contributed by atoms with Crippen LogP contribution in [0.1, 0.15) is 13.8 Å². The molecule has 0 radical (unpaired) electrons. The third kappa shape index (κ3) is 4.59. The predicted octanol–water partition coefficient (Wildman–Crippen LogP) is 3.52. The minimum absolute atomic E-state index is 0. The molecule has 0 saturated heterocycles. The van der Waals surface area contributed by atoms with Gasteiger partial charge in [0.25, 0.3) is 0 Å². The maximum atomic E-state index is 5.79. The summed E-state index contributed by atoms with van der Waals surface area (Å²) in [6.45, 7) is 6.63. The van der Waals surface area contributed by atoms with Crippen LogP contribution in [-0.4, -0.2) is 47.8 Å². The zero-order valence-electron chi connectivity index (χ0n) is 11.8. The van der Waals surface area contributed by atoms with Crippen LogP contribution >= 0.6 is 35.6 Å². The van der Waals surface area contributed by atoms with Crippen LogP contribution < -0.4 is 0 Å². The Morgan fingerprint density at radius 1 is 1.15 bits per heavy atom. The summed E-state index contributed by atoms with van der Waals surface area (Å²) in [7, 11) is 0. The van der Waals surface area contributed by atoms with E-state index in [0.29, 0.717) is 18.3 Å². The van der Waals surface area contributed by atoms with Crippen molar-refractivity contribution in [3.63, 3.8) is 0 Å². The molecular formula is C14H20Cl3N3. The molecule has 0 aromatic rings. The molecule has 2 rings (SSSR count). The van der Waals surface area contributed by atoms with Gasteiger partial charge in [0.2, 0.25) is 0 Å². The minimum Gasteiger partial charge on any atom is -0.294 e. The lowest BCUT2D eigenvalue weighted by atomic mass is 9.87. The van der Waals surface area contributed by atoms with E-state index in [2.05, 4.69) is 47.0 Å². The SMILES string of the molecule is CC1(C)C=CC2=NC(CN(CCCl)CCCl)=NC2=C1.Cl. The Bertz CT molecular complexity index is 458. The molecular weight excluding hydrogens is 317 g/mol. The Labute approximate surface area is 136 Å². The van der Waals surface area contributed by atoms with Crippen molar-refractivity contribution in [1.29, 1.82) is 0 Å². The first-order valence-electron chi connectivity index (χ1n) is 6.47. The highest BCUT2D eigenvalue weighted by Gasteiger charge is 2.24. The van der Waals surface area contributed by atoms with E-state index in [0.717, 1.165) is 30.3 Å². The fourth-order valence-electron chi connectivity index (χ4n) is 2.12. The number of hydrogen-bond acceptors (Lipinski definition) is 3. The Morgan fingerprint density at radius 2 is 1.80 bits per heavy atom. The second-order valence-electron chi connectivity index (χ2n) is 5.36. The van der Waals surface area contributed by atoms with Crippen molar-refractivity contribution >= 4 is 47.2 Å². The van der Waals surface area contributed by atoms with Crippen molar-refractivity contribution in [2.24, 2.45) is 15.4 Å². The number of aliphatic imine (C=N–C) groups is 2. The summed E-state index contributed by atoms with van der Waals surface area (Å²) in [5, 5.41) is 0. The topological polar surface area (TPSA) is 28.0 Å². The largest absolute Gasteiger partial charge is 0.294 e. The molecule has 0 amide bonds. The lowest BCUT2D eigenvalue weighted by molar-refractivity contribution is 0.350. The van der Waals surface area contributed by atoms with Crippen LogP contribution in [0.4, 0.5) is 0 Å². The second kappa shape index (κ2) is 7.60. The molecule has 20 heavy (non-hydrogen) atoms. The van der Waals surface area contributed by atoms with Gasteiger partial charge in [-0.25, -0.2) is 9.98 Å². The second-order valence-corrected chi connectivity index (χ2v) is 6.12. The molecule has 0 spiro atoms. The summed E-state index contributed by atoms with van der Waals surface area (Å²) < 4.78 is 0. The van der Waals surface area contributed by atoms with Crippen molar-refractivity contribution in [3.05, 3.63) is 23.9 Å². The van der Waals surface area contributed by atoms with Crippen LogP contribution in [0.15, 0.2) is 33.9 Å². The highest BCUT2D eigenvalue weighted by molar-refractivity contribution is 6.20. The third-order valence-corrected chi connectivity index (χ3v) is 3.45. The summed E-state index contributed by atoms with van der Waals surface area (Å²) in [5.74, 6) is 2.03. The summed E-state index contributed by atoms with van der Waals surface area (Å²) in [6, 6.07) is 0. The van der Waals surface area contributed by atoms with Crippen LogP contribution in [-0.2, 0) is 0 Å². The molecule has 0 saturated carbocycles. The fraction of sp³-hybridized carbons (Fsp3) is 0.571. The molecule has 0 atom stereocenters. The number of amidine groups is 1. The Hall–Kier alpha value is -0.350. The fourth-order valence-corrected chi connectivity index (χ4v) is 2.60. The van der Waals surface area contributed by atoms with E-state index in [1.165, 1.54) is 0 Å². The van der Waals surface area contributed by atoms with Crippen LogP contribution in [0, 0.1) is 5.41 Å². The number of fused-ring (bicyclic) bond motifs is 1. The highest BCUT2D eigenvalue weighted by Crippen LogP contribution is 2.29.